The van der Waals surface area contributed by atoms with Crippen LogP contribution in [0.3, 0.4) is 0 Å². The fourth-order valence-corrected chi connectivity index (χ4v) is 2.81. The third kappa shape index (κ3) is 6.21. The van der Waals surface area contributed by atoms with Gasteiger partial charge in [-0.25, -0.2) is 0 Å². The quantitative estimate of drug-likeness (QED) is 0.790. The van der Waals surface area contributed by atoms with E-state index in [1.54, 1.807) is 0 Å². The van der Waals surface area contributed by atoms with Gasteiger partial charge in [-0.05, 0) is 57.0 Å². The van der Waals surface area contributed by atoms with Gasteiger partial charge >= 0.3 is 0 Å². The van der Waals surface area contributed by atoms with Crippen LogP contribution in [0.2, 0.25) is 5.02 Å². The molecule has 0 radical (unpaired) electrons. The first-order valence-electron chi connectivity index (χ1n) is 7.94. The smallest absolute Gasteiger partial charge is 0.222 e. The van der Waals surface area contributed by atoms with Gasteiger partial charge in [0.05, 0.1) is 6.61 Å². The molecule has 0 saturated carbocycles. The first-order chi connectivity index (χ1) is 10.6. The van der Waals surface area contributed by atoms with E-state index in [2.05, 4.69) is 5.32 Å². The monoisotopic (exact) mass is 360 g/mol. The van der Waals surface area contributed by atoms with Gasteiger partial charge < -0.3 is 15.0 Å². The van der Waals surface area contributed by atoms with E-state index in [4.69, 9.17) is 16.3 Å². The van der Waals surface area contributed by atoms with Crippen LogP contribution in [-0.2, 0) is 4.79 Å². The molecule has 1 aromatic carbocycles. The summed E-state index contributed by atoms with van der Waals surface area (Å²) in [7, 11) is 1.98. The second-order valence-electron chi connectivity index (χ2n) is 5.81. The largest absolute Gasteiger partial charge is 0.494 e. The summed E-state index contributed by atoms with van der Waals surface area (Å²) < 4.78 is 5.67. The van der Waals surface area contributed by atoms with Crippen LogP contribution < -0.4 is 10.1 Å². The van der Waals surface area contributed by atoms with Crippen molar-refractivity contribution in [3.63, 3.8) is 0 Å². The number of hydrogen-bond donors (Lipinski definition) is 1. The number of ether oxygens (including phenoxy) is 1. The molecule has 4 nitrogen and oxygen atoms in total. The van der Waals surface area contributed by atoms with Gasteiger partial charge in [-0.2, -0.15) is 0 Å². The molecule has 1 aliphatic heterocycles. The molecule has 2 rings (SSSR count). The van der Waals surface area contributed by atoms with E-state index < -0.39 is 0 Å². The Morgan fingerprint density at radius 2 is 2.09 bits per heavy atom. The number of benzene rings is 1. The number of nitrogens with zero attached hydrogens (tertiary/aromatic N) is 1. The van der Waals surface area contributed by atoms with Gasteiger partial charge in [0.1, 0.15) is 5.75 Å². The van der Waals surface area contributed by atoms with Crippen molar-refractivity contribution in [3.05, 3.63) is 28.8 Å². The summed E-state index contributed by atoms with van der Waals surface area (Å²) in [6.07, 6.45) is 3.38. The molecule has 1 fully saturated rings. The maximum absolute atomic E-state index is 12.1. The standard InChI is InChI=1S/C17H25ClN2O2.ClH/c1-13-12-15(5-6-16(13)18)22-11-3-4-17(21)20-9-7-14(19-2)8-10-20;/h5-6,12,14,19H,3-4,7-11H2,1-2H3;1H. The van der Waals surface area contributed by atoms with Crippen LogP contribution in [0.1, 0.15) is 31.2 Å². The van der Waals surface area contributed by atoms with E-state index in [-0.39, 0.29) is 18.3 Å². The lowest BCUT2D eigenvalue weighted by atomic mass is 10.0. The lowest BCUT2D eigenvalue weighted by Crippen LogP contribution is -2.43. The van der Waals surface area contributed by atoms with E-state index in [1.807, 2.05) is 37.1 Å². The summed E-state index contributed by atoms with van der Waals surface area (Å²) in [5.41, 5.74) is 1.00. The predicted molar refractivity (Wildman–Crippen MR) is 96.8 cm³/mol. The Bertz CT molecular complexity index is 503. The minimum atomic E-state index is 0. The Hall–Kier alpha value is -0.970. The maximum Gasteiger partial charge on any atom is 0.222 e. The Morgan fingerprint density at radius 1 is 1.39 bits per heavy atom. The zero-order valence-electron chi connectivity index (χ0n) is 13.8. The number of aryl methyl sites for hydroxylation is 1. The normalized spacial score (nSPS) is 15.2. The van der Waals surface area contributed by atoms with Gasteiger partial charge in [-0.15, -0.1) is 12.4 Å². The van der Waals surface area contributed by atoms with Crippen molar-refractivity contribution in [2.24, 2.45) is 0 Å². The van der Waals surface area contributed by atoms with Crippen molar-refractivity contribution in [3.8, 4) is 5.75 Å². The average molecular weight is 361 g/mol. The Kier molecular flexibility index (Phi) is 8.74. The highest BCUT2D eigenvalue weighted by Crippen LogP contribution is 2.21. The molecule has 0 aliphatic carbocycles. The fraction of sp³-hybridized carbons (Fsp3) is 0.588. The summed E-state index contributed by atoms with van der Waals surface area (Å²) in [6.45, 7) is 4.23. The third-order valence-corrected chi connectivity index (χ3v) is 4.61. The lowest BCUT2D eigenvalue weighted by Gasteiger charge is -2.31. The van der Waals surface area contributed by atoms with Gasteiger partial charge in [-0.1, -0.05) is 11.6 Å². The van der Waals surface area contributed by atoms with Crippen LogP contribution in [0.5, 0.6) is 5.75 Å². The number of carbonyl (C=O) groups excluding carboxylic acids is 1. The van der Waals surface area contributed by atoms with Crippen LogP contribution in [0.15, 0.2) is 18.2 Å². The van der Waals surface area contributed by atoms with Crippen molar-refractivity contribution in [2.45, 2.75) is 38.6 Å². The average Bonchev–Trinajstić information content (AvgIpc) is 2.54. The fourth-order valence-electron chi connectivity index (χ4n) is 2.70. The number of likely N-dealkylation sites (tertiary alicyclic amines) is 1. The molecular formula is C17H26Cl2N2O2. The molecule has 0 atom stereocenters. The van der Waals surface area contributed by atoms with Crippen molar-refractivity contribution in [2.75, 3.05) is 26.7 Å². The third-order valence-electron chi connectivity index (χ3n) is 4.19. The Balaban J connectivity index is 0.00000264. The van der Waals surface area contributed by atoms with Gasteiger partial charge in [0.15, 0.2) is 0 Å². The number of piperidine rings is 1. The molecule has 6 heteroatoms. The molecule has 130 valence electrons. The highest BCUT2D eigenvalue weighted by Gasteiger charge is 2.21. The highest BCUT2D eigenvalue weighted by atomic mass is 35.5. The molecule has 1 heterocycles. The maximum atomic E-state index is 12.1. The summed E-state index contributed by atoms with van der Waals surface area (Å²) in [4.78, 5) is 14.1. The molecule has 0 bridgehead atoms. The molecule has 1 saturated heterocycles. The van der Waals surface area contributed by atoms with Crippen molar-refractivity contribution < 1.29 is 9.53 Å². The molecule has 1 aliphatic rings. The van der Waals surface area contributed by atoms with Gasteiger partial charge in [0.25, 0.3) is 0 Å². The van der Waals surface area contributed by atoms with Crippen molar-refractivity contribution in [1.82, 2.24) is 10.2 Å². The van der Waals surface area contributed by atoms with E-state index in [0.717, 1.165) is 48.7 Å². The number of halogens is 2. The number of amides is 1. The number of nitrogens with one attached hydrogen (secondary N) is 1. The summed E-state index contributed by atoms with van der Waals surface area (Å²) in [5, 5.41) is 4.02. The molecule has 0 aromatic heterocycles. The minimum Gasteiger partial charge on any atom is -0.494 e. The van der Waals surface area contributed by atoms with Crippen LogP contribution in [0.4, 0.5) is 0 Å². The van der Waals surface area contributed by atoms with Gasteiger partial charge in [0.2, 0.25) is 5.91 Å². The van der Waals surface area contributed by atoms with E-state index in [0.29, 0.717) is 19.1 Å². The number of hydrogen-bond acceptors (Lipinski definition) is 3. The summed E-state index contributed by atoms with van der Waals surface area (Å²) in [5.74, 6) is 1.05. The van der Waals surface area contributed by atoms with Crippen LogP contribution >= 0.6 is 24.0 Å². The van der Waals surface area contributed by atoms with Gasteiger partial charge in [-0.3, -0.25) is 4.79 Å². The molecule has 23 heavy (non-hydrogen) atoms. The number of rotatable bonds is 6. The van der Waals surface area contributed by atoms with Crippen LogP contribution in [-0.4, -0.2) is 43.6 Å². The summed E-state index contributed by atoms with van der Waals surface area (Å²) >= 11 is 5.98. The molecule has 0 spiro atoms. The SMILES string of the molecule is CNC1CCN(C(=O)CCCOc2ccc(Cl)c(C)c2)CC1.Cl. The Morgan fingerprint density at radius 3 is 2.70 bits per heavy atom. The first kappa shape index (κ1) is 20.1. The first-order valence-corrected chi connectivity index (χ1v) is 8.32. The molecule has 1 amide bonds. The topological polar surface area (TPSA) is 41.6 Å². The number of carbonyl (C=O) groups is 1. The molecular weight excluding hydrogens is 335 g/mol. The van der Waals surface area contributed by atoms with E-state index in [1.165, 1.54) is 0 Å². The lowest BCUT2D eigenvalue weighted by molar-refractivity contribution is -0.132. The summed E-state index contributed by atoms with van der Waals surface area (Å²) in [6, 6.07) is 6.18. The second kappa shape index (κ2) is 10.0. The van der Waals surface area contributed by atoms with Crippen molar-refractivity contribution >= 4 is 29.9 Å². The predicted octanol–water partition coefficient (Wildman–Crippen LogP) is 3.44. The second-order valence-corrected chi connectivity index (χ2v) is 6.21. The molecule has 1 aromatic rings. The van der Waals surface area contributed by atoms with Crippen molar-refractivity contribution in [1.29, 1.82) is 0 Å². The van der Waals surface area contributed by atoms with E-state index >= 15 is 0 Å². The van der Waals surface area contributed by atoms with Crippen LogP contribution in [0.25, 0.3) is 0 Å². The minimum absolute atomic E-state index is 0. The zero-order valence-corrected chi connectivity index (χ0v) is 15.4. The highest BCUT2D eigenvalue weighted by molar-refractivity contribution is 6.31. The van der Waals surface area contributed by atoms with Crippen LogP contribution in [0, 0.1) is 6.92 Å². The Labute approximate surface area is 149 Å². The molecule has 1 N–H and O–H groups in total. The van der Waals surface area contributed by atoms with Gasteiger partial charge in [0, 0.05) is 30.6 Å². The van der Waals surface area contributed by atoms with E-state index in [9.17, 15) is 4.79 Å². The molecule has 0 unspecified atom stereocenters. The zero-order chi connectivity index (χ0) is 15.9.